The molecule has 190 valence electrons. The highest BCUT2D eigenvalue weighted by molar-refractivity contribution is 6.45. The fourth-order valence-corrected chi connectivity index (χ4v) is 4.00. The molecule has 0 fully saturated rings. The molecule has 1 amide bonds. The van der Waals surface area contributed by atoms with Gasteiger partial charge in [0.05, 0.1) is 5.56 Å². The van der Waals surface area contributed by atoms with Crippen molar-refractivity contribution in [2.45, 2.75) is 12.9 Å². The summed E-state index contributed by atoms with van der Waals surface area (Å²) in [5.41, 5.74) is 2.52. The number of carboxylic acids is 1. The second-order valence-electron chi connectivity index (χ2n) is 8.35. The van der Waals surface area contributed by atoms with Gasteiger partial charge in [-0.25, -0.2) is 0 Å². The molecular weight excluding hydrogens is 489 g/mol. The number of ketones is 1. The third-order valence-electron chi connectivity index (χ3n) is 5.64. The van der Waals surface area contributed by atoms with Gasteiger partial charge >= 0.3 is 12.3 Å². The molecule has 0 bridgehead atoms. The Labute approximate surface area is 209 Å². The number of alkyl halides is 3. The van der Waals surface area contributed by atoms with Gasteiger partial charge in [-0.15, -0.1) is 13.2 Å². The molecular formula is C27H21F3N2O5. The average molecular weight is 510 g/mol. The summed E-state index contributed by atoms with van der Waals surface area (Å²) in [5.74, 6) is -3.55. The van der Waals surface area contributed by atoms with E-state index in [0.717, 1.165) is 10.5 Å². The van der Waals surface area contributed by atoms with Crippen molar-refractivity contribution in [3.05, 3.63) is 90.1 Å². The molecule has 3 aromatic carbocycles. The lowest BCUT2D eigenvalue weighted by molar-refractivity contribution is -0.274. The molecule has 0 saturated carbocycles. The lowest BCUT2D eigenvalue weighted by Gasteiger charge is -2.13. The number of hydrogen-bond acceptors (Lipinski definition) is 4. The second kappa shape index (κ2) is 10.2. The van der Waals surface area contributed by atoms with Crippen LogP contribution in [0.25, 0.3) is 22.0 Å². The molecule has 10 heteroatoms. The van der Waals surface area contributed by atoms with E-state index in [-0.39, 0.29) is 5.56 Å². The Hall–Kier alpha value is -4.60. The topological polar surface area (TPSA) is 88.8 Å². The lowest BCUT2D eigenvalue weighted by Crippen LogP contribution is -2.36. The fourth-order valence-electron chi connectivity index (χ4n) is 4.00. The van der Waals surface area contributed by atoms with Crippen LogP contribution in [-0.2, 0) is 16.1 Å². The minimum absolute atomic E-state index is 0.0534. The first-order chi connectivity index (χ1) is 17.5. The molecule has 7 nitrogen and oxygen atoms in total. The summed E-state index contributed by atoms with van der Waals surface area (Å²) in [6.45, 7) is -0.261. The van der Waals surface area contributed by atoms with Crippen molar-refractivity contribution in [3.63, 3.8) is 0 Å². The van der Waals surface area contributed by atoms with Crippen LogP contribution < -0.4 is 4.74 Å². The standard InChI is InChI=1S/C27H21F3N2O5/c1-31(16-24(33)34)26(36)25(35)22-15-32(14-17-6-3-2-4-7-17)23-11-10-19(13-21(22)23)18-8-5-9-20(12-18)37-27(28,29)30/h2-13,15H,14,16H2,1H3,(H,33,34). The summed E-state index contributed by atoms with van der Waals surface area (Å²) >= 11 is 0. The first-order valence-corrected chi connectivity index (χ1v) is 11.1. The average Bonchev–Trinajstić information content (AvgIpc) is 3.20. The number of Topliss-reactive ketones (excluding diaryl/α,β-unsaturated/α-hetero) is 1. The largest absolute Gasteiger partial charge is 0.573 e. The van der Waals surface area contributed by atoms with Crippen molar-refractivity contribution >= 4 is 28.6 Å². The molecule has 1 aromatic heterocycles. The van der Waals surface area contributed by atoms with Crippen molar-refractivity contribution in [1.82, 2.24) is 9.47 Å². The molecule has 0 saturated heterocycles. The Morgan fingerprint density at radius 3 is 2.32 bits per heavy atom. The maximum Gasteiger partial charge on any atom is 0.573 e. The summed E-state index contributed by atoms with van der Waals surface area (Å²) in [7, 11) is 1.22. The fraction of sp³-hybridized carbons (Fsp3) is 0.148. The van der Waals surface area contributed by atoms with Gasteiger partial charge in [-0.1, -0.05) is 48.5 Å². The molecule has 1 N–H and O–H groups in total. The predicted octanol–water partition coefficient (Wildman–Crippen LogP) is 4.98. The van der Waals surface area contributed by atoms with E-state index in [9.17, 15) is 27.6 Å². The van der Waals surface area contributed by atoms with Crippen LogP contribution in [0.4, 0.5) is 13.2 Å². The Morgan fingerprint density at radius 1 is 0.946 bits per heavy atom. The second-order valence-corrected chi connectivity index (χ2v) is 8.35. The van der Waals surface area contributed by atoms with E-state index < -0.39 is 36.3 Å². The van der Waals surface area contributed by atoms with Gasteiger partial charge in [-0.05, 0) is 41.0 Å². The van der Waals surface area contributed by atoms with Crippen molar-refractivity contribution in [1.29, 1.82) is 0 Å². The van der Waals surface area contributed by atoms with Gasteiger partial charge in [0.1, 0.15) is 12.3 Å². The van der Waals surface area contributed by atoms with Crippen molar-refractivity contribution in [2.24, 2.45) is 0 Å². The number of rotatable bonds is 8. The highest BCUT2D eigenvalue weighted by atomic mass is 19.4. The van der Waals surface area contributed by atoms with Gasteiger partial charge < -0.3 is 19.3 Å². The summed E-state index contributed by atoms with van der Waals surface area (Å²) < 4.78 is 43.9. The van der Waals surface area contributed by atoms with Crippen LogP contribution in [0.3, 0.4) is 0 Å². The van der Waals surface area contributed by atoms with Crippen LogP contribution >= 0.6 is 0 Å². The summed E-state index contributed by atoms with van der Waals surface area (Å²) in [5, 5.41) is 9.39. The Morgan fingerprint density at radius 2 is 1.65 bits per heavy atom. The number of carboxylic acid groups (broad SMARTS) is 1. The lowest BCUT2D eigenvalue weighted by atomic mass is 10.0. The van der Waals surface area contributed by atoms with Gasteiger partial charge in [0.2, 0.25) is 0 Å². The summed E-state index contributed by atoms with van der Waals surface area (Å²) in [6, 6.07) is 19.8. The number of fused-ring (bicyclic) bond motifs is 1. The number of ether oxygens (including phenoxy) is 1. The highest BCUT2D eigenvalue weighted by Gasteiger charge is 2.31. The molecule has 4 aromatic rings. The number of hydrogen-bond donors (Lipinski definition) is 1. The Balaban J connectivity index is 1.79. The van der Waals surface area contributed by atoms with Crippen molar-refractivity contribution < 1.29 is 37.4 Å². The van der Waals surface area contributed by atoms with Crippen LogP contribution in [0.1, 0.15) is 15.9 Å². The van der Waals surface area contributed by atoms with E-state index >= 15 is 0 Å². The number of amides is 1. The zero-order chi connectivity index (χ0) is 26.7. The zero-order valence-corrected chi connectivity index (χ0v) is 19.5. The number of benzene rings is 3. The molecule has 1 heterocycles. The van der Waals surface area contributed by atoms with Crippen LogP contribution in [0.2, 0.25) is 0 Å². The smallest absolute Gasteiger partial charge is 0.480 e. The normalized spacial score (nSPS) is 11.4. The number of carbonyl (C=O) groups is 3. The quantitative estimate of drug-likeness (QED) is 0.267. The number of carbonyl (C=O) groups excluding carboxylic acids is 2. The Kier molecular flexibility index (Phi) is 7.01. The SMILES string of the molecule is CN(CC(=O)O)C(=O)C(=O)c1cn(Cc2ccccc2)c2ccc(-c3cccc(OC(F)(F)F)c3)cc12. The minimum atomic E-state index is -4.85. The van der Waals surface area contributed by atoms with Crippen LogP contribution in [-0.4, -0.2) is 52.2 Å². The Bertz CT molecular complexity index is 1480. The third-order valence-corrected chi connectivity index (χ3v) is 5.64. The van der Waals surface area contributed by atoms with Crippen LogP contribution in [0.5, 0.6) is 5.75 Å². The molecule has 37 heavy (non-hydrogen) atoms. The first-order valence-electron chi connectivity index (χ1n) is 11.1. The van der Waals surface area contributed by atoms with E-state index in [1.165, 1.54) is 31.4 Å². The molecule has 4 rings (SSSR count). The summed E-state index contributed by atoms with van der Waals surface area (Å²) in [6.07, 6.45) is -3.32. The van der Waals surface area contributed by atoms with Gasteiger partial charge in [0, 0.05) is 30.7 Å². The number of nitrogens with zero attached hydrogens (tertiary/aromatic N) is 2. The molecule has 0 aliphatic rings. The molecule has 0 atom stereocenters. The van der Waals surface area contributed by atoms with E-state index in [0.29, 0.717) is 28.6 Å². The number of halogens is 3. The van der Waals surface area contributed by atoms with E-state index in [1.807, 2.05) is 30.3 Å². The molecule has 0 radical (unpaired) electrons. The third kappa shape index (κ3) is 5.97. The minimum Gasteiger partial charge on any atom is -0.480 e. The van der Waals surface area contributed by atoms with Gasteiger partial charge in [0.15, 0.2) is 0 Å². The maximum absolute atomic E-state index is 13.2. The molecule has 0 aliphatic heterocycles. The van der Waals surface area contributed by atoms with Crippen molar-refractivity contribution in [3.8, 4) is 16.9 Å². The van der Waals surface area contributed by atoms with Gasteiger partial charge in [-0.3, -0.25) is 14.4 Å². The maximum atomic E-state index is 13.2. The number of likely N-dealkylation sites (N-methyl/N-ethyl adjacent to an activating group) is 1. The van der Waals surface area contributed by atoms with E-state index in [1.54, 1.807) is 28.8 Å². The number of aliphatic carboxylic acids is 1. The molecule has 0 unspecified atom stereocenters. The van der Waals surface area contributed by atoms with Gasteiger partial charge in [-0.2, -0.15) is 0 Å². The summed E-state index contributed by atoms with van der Waals surface area (Å²) in [4.78, 5) is 37.7. The highest BCUT2D eigenvalue weighted by Crippen LogP contribution is 2.32. The van der Waals surface area contributed by atoms with E-state index in [2.05, 4.69) is 4.74 Å². The number of aromatic nitrogens is 1. The zero-order valence-electron chi connectivity index (χ0n) is 19.5. The predicted molar refractivity (Wildman–Crippen MR) is 129 cm³/mol. The van der Waals surface area contributed by atoms with Gasteiger partial charge in [0.25, 0.3) is 11.7 Å². The monoisotopic (exact) mass is 510 g/mol. The first kappa shape index (κ1) is 25.5. The van der Waals surface area contributed by atoms with Crippen molar-refractivity contribution in [2.75, 3.05) is 13.6 Å². The molecule has 0 aliphatic carbocycles. The van der Waals surface area contributed by atoms with Crippen LogP contribution in [0.15, 0.2) is 79.0 Å². The van der Waals surface area contributed by atoms with E-state index in [4.69, 9.17) is 5.11 Å². The van der Waals surface area contributed by atoms with Crippen LogP contribution in [0, 0.1) is 0 Å². The molecule has 0 spiro atoms.